The first-order valence-electron chi connectivity index (χ1n) is 11.4. The third-order valence-electron chi connectivity index (χ3n) is 6.09. The average Bonchev–Trinajstić information content (AvgIpc) is 2.85. The number of nitrogens with zero attached hydrogens (tertiary/aromatic N) is 1. The molecule has 0 aliphatic heterocycles. The van der Waals surface area contributed by atoms with Crippen molar-refractivity contribution in [1.29, 1.82) is 0 Å². The molecule has 0 bridgehead atoms. The van der Waals surface area contributed by atoms with E-state index in [1.165, 1.54) is 10.9 Å². The molecular formula is C28H28N2O2. The van der Waals surface area contributed by atoms with Gasteiger partial charge in [-0.1, -0.05) is 30.3 Å². The van der Waals surface area contributed by atoms with Crippen LogP contribution in [0, 0.1) is 0 Å². The van der Waals surface area contributed by atoms with E-state index < -0.39 is 0 Å². The molecule has 4 nitrogen and oxygen atoms in total. The summed E-state index contributed by atoms with van der Waals surface area (Å²) in [7, 11) is 0. The Kier molecular flexibility index (Phi) is 6.31. The first-order chi connectivity index (χ1) is 15.8. The van der Waals surface area contributed by atoms with Gasteiger partial charge in [0.1, 0.15) is 17.2 Å². The van der Waals surface area contributed by atoms with Gasteiger partial charge in [0.25, 0.3) is 0 Å². The van der Waals surface area contributed by atoms with Gasteiger partial charge in [0.2, 0.25) is 0 Å². The summed E-state index contributed by atoms with van der Waals surface area (Å²) in [6.45, 7) is 0.876. The molecule has 1 aliphatic rings. The van der Waals surface area contributed by atoms with Crippen LogP contribution in [0.1, 0.15) is 31.2 Å². The monoisotopic (exact) mass is 424 g/mol. The summed E-state index contributed by atoms with van der Waals surface area (Å²) < 4.78 is 12.1. The summed E-state index contributed by atoms with van der Waals surface area (Å²) in [6.07, 6.45) is 8.44. The van der Waals surface area contributed by atoms with E-state index in [2.05, 4.69) is 40.6 Å². The zero-order chi connectivity index (χ0) is 21.6. The van der Waals surface area contributed by atoms with Crippen molar-refractivity contribution in [2.75, 3.05) is 0 Å². The van der Waals surface area contributed by atoms with E-state index in [4.69, 9.17) is 9.47 Å². The maximum absolute atomic E-state index is 6.27. The van der Waals surface area contributed by atoms with Crippen LogP contribution in [0.4, 0.5) is 0 Å². The lowest BCUT2D eigenvalue weighted by atomic mass is 9.92. The van der Waals surface area contributed by atoms with E-state index in [1.54, 1.807) is 0 Å². The molecule has 0 unspecified atom stereocenters. The third-order valence-corrected chi connectivity index (χ3v) is 6.09. The average molecular weight is 425 g/mol. The highest BCUT2D eigenvalue weighted by Gasteiger charge is 2.22. The summed E-state index contributed by atoms with van der Waals surface area (Å²) in [5, 5.41) is 6.03. The lowest BCUT2D eigenvalue weighted by Crippen LogP contribution is -2.35. The Morgan fingerprint density at radius 1 is 0.750 bits per heavy atom. The van der Waals surface area contributed by atoms with Crippen molar-refractivity contribution in [3.05, 3.63) is 96.8 Å². The lowest BCUT2D eigenvalue weighted by Gasteiger charge is -2.29. The fourth-order valence-electron chi connectivity index (χ4n) is 4.27. The largest absolute Gasteiger partial charge is 0.490 e. The molecule has 0 radical (unpaired) electrons. The van der Waals surface area contributed by atoms with Crippen LogP contribution in [-0.2, 0) is 6.54 Å². The predicted molar refractivity (Wildman–Crippen MR) is 128 cm³/mol. The summed E-state index contributed by atoms with van der Waals surface area (Å²) in [4.78, 5) is 4.17. The molecule has 4 heteroatoms. The molecular weight excluding hydrogens is 396 g/mol. The number of nitrogens with one attached hydrogen (secondary N) is 1. The highest BCUT2D eigenvalue weighted by atomic mass is 16.5. The van der Waals surface area contributed by atoms with Crippen molar-refractivity contribution in [3.63, 3.8) is 0 Å². The van der Waals surface area contributed by atoms with Gasteiger partial charge < -0.3 is 14.8 Å². The first-order valence-corrected chi connectivity index (χ1v) is 11.4. The maximum atomic E-state index is 6.27. The SMILES string of the molecule is c1ccc(Oc2ccc(CNC3CCC(Oc4ccc5cnccc5c4)CC3)cc2)cc1. The van der Waals surface area contributed by atoms with Gasteiger partial charge in [-0.2, -0.15) is 0 Å². The summed E-state index contributed by atoms with van der Waals surface area (Å²) >= 11 is 0. The molecule has 162 valence electrons. The Morgan fingerprint density at radius 2 is 1.50 bits per heavy atom. The van der Waals surface area contributed by atoms with Crippen LogP contribution in [0.5, 0.6) is 17.2 Å². The fourth-order valence-corrected chi connectivity index (χ4v) is 4.27. The molecule has 3 aromatic carbocycles. The van der Waals surface area contributed by atoms with Crippen molar-refractivity contribution in [3.8, 4) is 17.2 Å². The van der Waals surface area contributed by atoms with E-state index >= 15 is 0 Å². The Labute approximate surface area is 189 Å². The van der Waals surface area contributed by atoms with E-state index in [0.29, 0.717) is 12.1 Å². The summed E-state index contributed by atoms with van der Waals surface area (Å²) in [5.74, 6) is 2.68. The molecule has 0 amide bonds. The Bertz CT molecular complexity index is 1140. The lowest BCUT2D eigenvalue weighted by molar-refractivity contribution is 0.139. The van der Waals surface area contributed by atoms with Crippen LogP contribution in [0.15, 0.2) is 91.3 Å². The minimum atomic E-state index is 0.293. The molecule has 1 fully saturated rings. The normalized spacial score (nSPS) is 18.4. The molecule has 1 N–H and O–H groups in total. The van der Waals surface area contributed by atoms with Crippen LogP contribution in [0.2, 0.25) is 0 Å². The number of aromatic nitrogens is 1. The Morgan fingerprint density at radius 3 is 2.31 bits per heavy atom. The molecule has 32 heavy (non-hydrogen) atoms. The van der Waals surface area contributed by atoms with Gasteiger partial charge in [-0.25, -0.2) is 0 Å². The quantitative estimate of drug-likeness (QED) is 0.367. The highest BCUT2D eigenvalue weighted by molar-refractivity contribution is 5.82. The second-order valence-corrected chi connectivity index (χ2v) is 8.42. The minimum Gasteiger partial charge on any atom is -0.490 e. The first kappa shape index (κ1) is 20.5. The summed E-state index contributed by atoms with van der Waals surface area (Å²) in [6, 6.07) is 27.0. The van der Waals surface area contributed by atoms with Gasteiger partial charge in [0.05, 0.1) is 6.10 Å². The van der Waals surface area contributed by atoms with Crippen molar-refractivity contribution in [2.45, 2.75) is 44.4 Å². The van der Waals surface area contributed by atoms with Gasteiger partial charge in [0, 0.05) is 30.4 Å². The Hall–Kier alpha value is -3.37. The number of fused-ring (bicyclic) bond motifs is 1. The van der Waals surface area contributed by atoms with Crippen LogP contribution < -0.4 is 14.8 Å². The van der Waals surface area contributed by atoms with Crippen molar-refractivity contribution < 1.29 is 9.47 Å². The topological polar surface area (TPSA) is 43.4 Å². The van der Waals surface area contributed by atoms with Crippen LogP contribution in [0.3, 0.4) is 0 Å². The van der Waals surface area contributed by atoms with Crippen molar-refractivity contribution in [2.24, 2.45) is 0 Å². The smallest absolute Gasteiger partial charge is 0.127 e. The van der Waals surface area contributed by atoms with E-state index in [9.17, 15) is 0 Å². The Balaban J connectivity index is 1.07. The highest BCUT2D eigenvalue weighted by Crippen LogP contribution is 2.27. The molecule has 5 rings (SSSR count). The van der Waals surface area contributed by atoms with E-state index in [-0.39, 0.29) is 0 Å². The number of ether oxygens (including phenoxy) is 2. The molecule has 1 saturated carbocycles. The van der Waals surface area contributed by atoms with Gasteiger partial charge in [-0.05, 0) is 85.2 Å². The predicted octanol–water partition coefficient (Wildman–Crippen LogP) is 6.51. The minimum absolute atomic E-state index is 0.293. The molecule has 0 saturated heterocycles. The van der Waals surface area contributed by atoms with Gasteiger partial charge >= 0.3 is 0 Å². The molecule has 1 heterocycles. The van der Waals surface area contributed by atoms with Crippen LogP contribution >= 0.6 is 0 Å². The third kappa shape index (κ3) is 5.27. The molecule has 4 aromatic rings. The maximum Gasteiger partial charge on any atom is 0.127 e. The zero-order valence-electron chi connectivity index (χ0n) is 18.1. The van der Waals surface area contributed by atoms with E-state index in [0.717, 1.165) is 54.9 Å². The molecule has 0 spiro atoms. The van der Waals surface area contributed by atoms with Crippen molar-refractivity contribution >= 4 is 10.8 Å². The molecule has 1 aromatic heterocycles. The second kappa shape index (κ2) is 9.84. The zero-order valence-corrected chi connectivity index (χ0v) is 18.1. The number of rotatable bonds is 7. The number of para-hydroxylation sites is 1. The van der Waals surface area contributed by atoms with Crippen LogP contribution in [-0.4, -0.2) is 17.1 Å². The van der Waals surface area contributed by atoms with Gasteiger partial charge in [-0.3, -0.25) is 4.98 Å². The molecule has 1 aliphatic carbocycles. The summed E-state index contributed by atoms with van der Waals surface area (Å²) in [5.41, 5.74) is 1.27. The van der Waals surface area contributed by atoms with Crippen molar-refractivity contribution in [1.82, 2.24) is 10.3 Å². The number of pyridine rings is 1. The molecule has 0 atom stereocenters. The fraction of sp³-hybridized carbons (Fsp3) is 0.250. The van der Waals surface area contributed by atoms with Gasteiger partial charge in [0.15, 0.2) is 0 Å². The van der Waals surface area contributed by atoms with Gasteiger partial charge in [-0.15, -0.1) is 0 Å². The standard InChI is InChI=1S/C28H28N2O2/c1-2-4-25(5-3-1)31-26-11-6-21(7-12-26)19-30-24-9-14-27(15-10-24)32-28-13-8-23-20-29-17-16-22(23)18-28/h1-8,11-13,16-18,20,24,27,30H,9-10,14-15,19H2. The number of benzene rings is 3. The number of hydrogen-bond donors (Lipinski definition) is 1. The van der Waals surface area contributed by atoms with Crippen LogP contribution in [0.25, 0.3) is 10.8 Å². The second-order valence-electron chi connectivity index (χ2n) is 8.42. The van der Waals surface area contributed by atoms with E-state index in [1.807, 2.05) is 60.9 Å². The number of hydrogen-bond acceptors (Lipinski definition) is 4.